The molecule has 80 valence electrons. The molecule has 1 unspecified atom stereocenters. The first-order chi connectivity index (χ1) is 7.15. The third kappa shape index (κ3) is 3.58. The molecule has 0 aliphatic rings. The van der Waals surface area contributed by atoms with Crippen LogP contribution in [0.4, 0.5) is 0 Å². The SMILES string of the molecule is C#CCOc1c(Br)cccc1CC(C)N. The van der Waals surface area contributed by atoms with Crippen LogP contribution in [-0.4, -0.2) is 12.6 Å². The Morgan fingerprint density at radius 1 is 1.60 bits per heavy atom. The first kappa shape index (κ1) is 12.1. The molecule has 0 fully saturated rings. The molecule has 1 rings (SSSR count). The summed E-state index contributed by atoms with van der Waals surface area (Å²) in [5.41, 5.74) is 6.84. The van der Waals surface area contributed by atoms with Crippen molar-refractivity contribution < 1.29 is 4.74 Å². The Morgan fingerprint density at radius 3 is 2.93 bits per heavy atom. The molecule has 0 saturated carbocycles. The van der Waals surface area contributed by atoms with E-state index in [1.807, 2.05) is 25.1 Å². The van der Waals surface area contributed by atoms with Gasteiger partial charge in [0.15, 0.2) is 0 Å². The highest BCUT2D eigenvalue weighted by Crippen LogP contribution is 2.29. The number of ether oxygens (including phenoxy) is 1. The largest absolute Gasteiger partial charge is 0.479 e. The quantitative estimate of drug-likeness (QED) is 0.851. The van der Waals surface area contributed by atoms with Crippen molar-refractivity contribution in [1.82, 2.24) is 0 Å². The summed E-state index contributed by atoms with van der Waals surface area (Å²) >= 11 is 3.43. The van der Waals surface area contributed by atoms with E-state index in [4.69, 9.17) is 16.9 Å². The van der Waals surface area contributed by atoms with Crippen molar-refractivity contribution in [1.29, 1.82) is 0 Å². The fourth-order valence-electron chi connectivity index (χ4n) is 1.34. The van der Waals surface area contributed by atoms with Crippen molar-refractivity contribution in [3.05, 3.63) is 28.2 Å². The summed E-state index contributed by atoms with van der Waals surface area (Å²) in [6.45, 7) is 2.24. The minimum Gasteiger partial charge on any atom is -0.479 e. The van der Waals surface area contributed by atoms with Gasteiger partial charge in [-0.05, 0) is 40.9 Å². The van der Waals surface area contributed by atoms with Gasteiger partial charge in [0.1, 0.15) is 12.4 Å². The van der Waals surface area contributed by atoms with Gasteiger partial charge in [-0.15, -0.1) is 6.42 Å². The maximum atomic E-state index is 5.76. The summed E-state index contributed by atoms with van der Waals surface area (Å²) in [6.07, 6.45) is 5.94. The highest BCUT2D eigenvalue weighted by Gasteiger charge is 2.09. The Labute approximate surface area is 98.9 Å². The Kier molecular flexibility index (Phi) is 4.67. The van der Waals surface area contributed by atoms with Gasteiger partial charge in [0, 0.05) is 6.04 Å². The first-order valence-corrected chi connectivity index (χ1v) is 5.53. The van der Waals surface area contributed by atoms with Crippen molar-refractivity contribution in [2.45, 2.75) is 19.4 Å². The minimum atomic E-state index is 0.104. The number of hydrogen-bond acceptors (Lipinski definition) is 2. The summed E-state index contributed by atoms with van der Waals surface area (Å²) in [7, 11) is 0. The van der Waals surface area contributed by atoms with E-state index in [1.54, 1.807) is 0 Å². The molecule has 15 heavy (non-hydrogen) atoms. The van der Waals surface area contributed by atoms with Gasteiger partial charge in [-0.2, -0.15) is 0 Å². The van der Waals surface area contributed by atoms with E-state index in [0.717, 1.165) is 22.2 Å². The van der Waals surface area contributed by atoms with Crippen molar-refractivity contribution in [3.63, 3.8) is 0 Å². The van der Waals surface area contributed by atoms with Gasteiger partial charge < -0.3 is 10.5 Å². The van der Waals surface area contributed by atoms with Crippen LogP contribution in [0.25, 0.3) is 0 Å². The molecule has 0 amide bonds. The normalized spacial score (nSPS) is 11.9. The van der Waals surface area contributed by atoms with Crippen molar-refractivity contribution in [3.8, 4) is 18.1 Å². The average molecular weight is 268 g/mol. The number of benzene rings is 1. The van der Waals surface area contributed by atoms with Crippen molar-refractivity contribution >= 4 is 15.9 Å². The van der Waals surface area contributed by atoms with Gasteiger partial charge in [0.05, 0.1) is 4.47 Å². The molecule has 0 radical (unpaired) electrons. The molecular formula is C12H14BrNO. The summed E-state index contributed by atoms with van der Waals surface area (Å²) < 4.78 is 6.39. The molecule has 0 aliphatic heterocycles. The van der Waals surface area contributed by atoms with Crippen LogP contribution < -0.4 is 10.5 Å². The molecule has 1 atom stereocenters. The highest BCUT2D eigenvalue weighted by molar-refractivity contribution is 9.10. The molecule has 0 saturated heterocycles. The lowest BCUT2D eigenvalue weighted by Crippen LogP contribution is -2.18. The molecular weight excluding hydrogens is 254 g/mol. The Hall–Kier alpha value is -0.980. The Morgan fingerprint density at radius 2 is 2.33 bits per heavy atom. The van der Waals surface area contributed by atoms with Crippen LogP contribution in [-0.2, 0) is 6.42 Å². The van der Waals surface area contributed by atoms with Crippen LogP contribution in [0.2, 0.25) is 0 Å². The van der Waals surface area contributed by atoms with Gasteiger partial charge in [-0.25, -0.2) is 0 Å². The minimum absolute atomic E-state index is 0.104. The summed E-state index contributed by atoms with van der Waals surface area (Å²) in [5.74, 6) is 3.25. The van der Waals surface area contributed by atoms with E-state index >= 15 is 0 Å². The maximum absolute atomic E-state index is 5.76. The molecule has 0 heterocycles. The van der Waals surface area contributed by atoms with Gasteiger partial charge in [-0.1, -0.05) is 18.1 Å². The van der Waals surface area contributed by atoms with E-state index in [0.29, 0.717) is 0 Å². The van der Waals surface area contributed by atoms with Gasteiger partial charge in [0.2, 0.25) is 0 Å². The van der Waals surface area contributed by atoms with Gasteiger partial charge in [0.25, 0.3) is 0 Å². The smallest absolute Gasteiger partial charge is 0.148 e. The van der Waals surface area contributed by atoms with Crippen LogP contribution in [0.3, 0.4) is 0 Å². The van der Waals surface area contributed by atoms with Gasteiger partial charge >= 0.3 is 0 Å². The third-order valence-corrected chi connectivity index (χ3v) is 2.51. The van der Waals surface area contributed by atoms with Crippen molar-refractivity contribution in [2.75, 3.05) is 6.61 Å². The van der Waals surface area contributed by atoms with E-state index in [1.165, 1.54) is 0 Å². The van der Waals surface area contributed by atoms with Crippen LogP contribution in [0.5, 0.6) is 5.75 Å². The van der Waals surface area contributed by atoms with Crippen LogP contribution in [0.1, 0.15) is 12.5 Å². The second-order valence-corrected chi connectivity index (χ2v) is 4.26. The summed E-state index contributed by atoms with van der Waals surface area (Å²) in [4.78, 5) is 0. The topological polar surface area (TPSA) is 35.2 Å². The molecule has 1 aromatic carbocycles. The first-order valence-electron chi connectivity index (χ1n) is 4.74. The monoisotopic (exact) mass is 267 g/mol. The maximum Gasteiger partial charge on any atom is 0.148 e. The fourth-order valence-corrected chi connectivity index (χ4v) is 1.86. The Balaban J connectivity index is 2.93. The standard InChI is InChI=1S/C12H14BrNO/c1-3-7-15-12-10(8-9(2)14)5-4-6-11(12)13/h1,4-6,9H,7-8,14H2,2H3. The lowest BCUT2D eigenvalue weighted by molar-refractivity contribution is 0.363. The lowest BCUT2D eigenvalue weighted by Gasteiger charge is -2.13. The van der Waals surface area contributed by atoms with Crippen LogP contribution >= 0.6 is 15.9 Å². The van der Waals surface area contributed by atoms with Crippen molar-refractivity contribution in [2.24, 2.45) is 5.73 Å². The number of rotatable bonds is 4. The molecule has 3 heteroatoms. The zero-order valence-corrected chi connectivity index (χ0v) is 10.3. The zero-order chi connectivity index (χ0) is 11.3. The number of hydrogen-bond donors (Lipinski definition) is 1. The second-order valence-electron chi connectivity index (χ2n) is 3.40. The third-order valence-electron chi connectivity index (χ3n) is 1.89. The molecule has 0 bridgehead atoms. The van der Waals surface area contributed by atoms with E-state index in [-0.39, 0.29) is 12.6 Å². The summed E-state index contributed by atoms with van der Waals surface area (Å²) in [6, 6.07) is 5.99. The number of terminal acetylenes is 1. The molecule has 0 aromatic heterocycles. The number of para-hydroxylation sites is 1. The number of halogens is 1. The molecule has 0 aliphatic carbocycles. The van der Waals surface area contributed by atoms with E-state index in [9.17, 15) is 0 Å². The van der Waals surface area contributed by atoms with Gasteiger partial charge in [-0.3, -0.25) is 0 Å². The lowest BCUT2D eigenvalue weighted by atomic mass is 10.1. The van der Waals surface area contributed by atoms with E-state index in [2.05, 4.69) is 21.9 Å². The average Bonchev–Trinajstić information content (AvgIpc) is 2.16. The van der Waals surface area contributed by atoms with E-state index < -0.39 is 0 Å². The Bertz CT molecular complexity index is 368. The fraction of sp³-hybridized carbons (Fsp3) is 0.333. The second kappa shape index (κ2) is 5.79. The molecule has 2 nitrogen and oxygen atoms in total. The van der Waals surface area contributed by atoms with Crippen LogP contribution in [0, 0.1) is 12.3 Å². The highest BCUT2D eigenvalue weighted by atomic mass is 79.9. The predicted octanol–water partition coefficient (Wildman–Crippen LogP) is 2.35. The molecule has 0 spiro atoms. The van der Waals surface area contributed by atoms with Crippen LogP contribution in [0.15, 0.2) is 22.7 Å². The predicted molar refractivity (Wildman–Crippen MR) is 65.8 cm³/mol. The summed E-state index contributed by atoms with van der Waals surface area (Å²) in [5, 5.41) is 0. The number of nitrogens with two attached hydrogens (primary N) is 1. The molecule has 2 N–H and O–H groups in total. The molecule has 1 aromatic rings. The zero-order valence-electron chi connectivity index (χ0n) is 8.66.